The van der Waals surface area contributed by atoms with Crippen LogP contribution in [-0.4, -0.2) is 33.6 Å². The molecule has 0 bridgehead atoms. The third-order valence-corrected chi connectivity index (χ3v) is 4.71. The summed E-state index contributed by atoms with van der Waals surface area (Å²) in [6, 6.07) is 8.14. The van der Waals surface area contributed by atoms with E-state index < -0.39 is 11.7 Å². The Hall–Kier alpha value is -2.64. The van der Waals surface area contributed by atoms with Crippen LogP contribution in [0.25, 0.3) is 0 Å². The highest BCUT2D eigenvalue weighted by Gasteiger charge is 2.30. The van der Waals surface area contributed by atoms with Gasteiger partial charge in [0, 0.05) is 18.3 Å². The molecule has 1 fully saturated rings. The van der Waals surface area contributed by atoms with Gasteiger partial charge in [0.1, 0.15) is 0 Å². The molecule has 8 heteroatoms. The molecule has 1 atom stereocenters. The summed E-state index contributed by atoms with van der Waals surface area (Å²) in [6.45, 7) is 2.77. The smallest absolute Gasteiger partial charge is 0.339 e. The van der Waals surface area contributed by atoms with Crippen molar-refractivity contribution in [1.29, 1.82) is 0 Å². The maximum absolute atomic E-state index is 12.8. The van der Waals surface area contributed by atoms with Crippen LogP contribution in [-0.2, 0) is 6.18 Å². The van der Waals surface area contributed by atoms with Crippen LogP contribution in [0, 0.1) is 0 Å². The third-order valence-electron chi connectivity index (χ3n) is 4.71. The fourth-order valence-electron chi connectivity index (χ4n) is 3.27. The van der Waals surface area contributed by atoms with Crippen molar-refractivity contribution in [3.63, 3.8) is 0 Å². The second kappa shape index (κ2) is 7.94. The van der Waals surface area contributed by atoms with E-state index in [4.69, 9.17) is 0 Å². The minimum Gasteiger partial charge on any atom is -0.339 e. The van der Waals surface area contributed by atoms with Crippen LogP contribution in [0.5, 0.6) is 0 Å². The van der Waals surface area contributed by atoms with Crippen molar-refractivity contribution in [3.8, 4) is 0 Å². The van der Waals surface area contributed by atoms with Crippen molar-refractivity contribution < 1.29 is 18.0 Å². The molecule has 1 N–H and O–H groups in total. The maximum Gasteiger partial charge on any atom is 0.416 e. The Balaban J connectivity index is 1.71. The van der Waals surface area contributed by atoms with E-state index >= 15 is 0 Å². The van der Waals surface area contributed by atoms with Crippen LogP contribution in [0.1, 0.15) is 48.7 Å². The zero-order valence-corrected chi connectivity index (χ0v) is 15.0. The number of benzene rings is 1. The third kappa shape index (κ3) is 4.56. The van der Waals surface area contributed by atoms with Gasteiger partial charge in [-0.05, 0) is 56.0 Å². The van der Waals surface area contributed by atoms with Gasteiger partial charge in [-0.1, -0.05) is 13.0 Å². The van der Waals surface area contributed by atoms with Gasteiger partial charge in [-0.2, -0.15) is 13.2 Å². The lowest BCUT2D eigenvalue weighted by Gasteiger charge is -2.34. The largest absolute Gasteiger partial charge is 0.416 e. The molecule has 1 aromatic carbocycles. The van der Waals surface area contributed by atoms with Crippen molar-refractivity contribution in [2.45, 2.75) is 44.8 Å². The van der Waals surface area contributed by atoms with Crippen LogP contribution in [0.4, 0.5) is 24.7 Å². The molecular weight excluding hydrogens is 357 g/mol. The Morgan fingerprint density at radius 2 is 2.04 bits per heavy atom. The lowest BCUT2D eigenvalue weighted by molar-refractivity contribution is -0.137. The maximum atomic E-state index is 12.8. The first kappa shape index (κ1) is 19.1. The Morgan fingerprint density at radius 1 is 1.22 bits per heavy atom. The molecule has 2 heterocycles. The average Bonchev–Trinajstić information content (AvgIpc) is 2.67. The highest BCUT2D eigenvalue weighted by atomic mass is 19.4. The number of nitrogens with one attached hydrogen (secondary N) is 1. The predicted molar refractivity (Wildman–Crippen MR) is 95.7 cm³/mol. The summed E-state index contributed by atoms with van der Waals surface area (Å²) in [5.41, 5.74) is -0.256. The summed E-state index contributed by atoms with van der Waals surface area (Å²) in [5, 5.41) is 10.7. The quantitative estimate of drug-likeness (QED) is 0.842. The highest BCUT2D eigenvalue weighted by molar-refractivity contribution is 5.92. The molecule has 2 aromatic rings. The van der Waals surface area contributed by atoms with Crippen LogP contribution < -0.4 is 5.32 Å². The van der Waals surface area contributed by atoms with E-state index in [0.29, 0.717) is 6.54 Å². The van der Waals surface area contributed by atoms with Crippen molar-refractivity contribution in [2.24, 2.45) is 0 Å². The lowest BCUT2D eigenvalue weighted by atomic mass is 9.99. The molecular formula is C19H21F3N4O. The molecule has 1 unspecified atom stereocenters. The van der Waals surface area contributed by atoms with Crippen LogP contribution in [0.3, 0.4) is 0 Å². The first-order valence-corrected chi connectivity index (χ1v) is 8.97. The van der Waals surface area contributed by atoms with Gasteiger partial charge in [0.2, 0.25) is 0 Å². The minimum absolute atomic E-state index is 0.153. The molecule has 0 saturated carbocycles. The van der Waals surface area contributed by atoms with Crippen LogP contribution >= 0.6 is 0 Å². The van der Waals surface area contributed by atoms with Gasteiger partial charge < -0.3 is 10.2 Å². The Kier molecular flexibility index (Phi) is 5.62. The molecule has 1 aliphatic rings. The number of carbonyl (C=O) groups is 1. The van der Waals surface area contributed by atoms with E-state index in [2.05, 4.69) is 22.4 Å². The van der Waals surface area contributed by atoms with E-state index in [1.807, 2.05) is 4.90 Å². The molecule has 1 aliphatic heterocycles. The summed E-state index contributed by atoms with van der Waals surface area (Å²) >= 11 is 0. The SMILES string of the molecule is CCC1CCCCN1C(=O)c1ccc(Nc2cccc(C(F)(F)F)c2)nn1. The van der Waals surface area contributed by atoms with Gasteiger partial charge >= 0.3 is 6.18 Å². The van der Waals surface area contributed by atoms with E-state index in [1.54, 1.807) is 12.1 Å². The summed E-state index contributed by atoms with van der Waals surface area (Å²) in [7, 11) is 0. The summed E-state index contributed by atoms with van der Waals surface area (Å²) in [4.78, 5) is 14.5. The van der Waals surface area contributed by atoms with E-state index in [0.717, 1.165) is 37.8 Å². The fourth-order valence-corrected chi connectivity index (χ4v) is 3.27. The normalized spacial score (nSPS) is 17.6. The van der Waals surface area contributed by atoms with Gasteiger partial charge in [-0.3, -0.25) is 4.79 Å². The van der Waals surface area contributed by atoms with Gasteiger partial charge in [0.15, 0.2) is 11.5 Å². The van der Waals surface area contributed by atoms with Gasteiger partial charge in [-0.25, -0.2) is 0 Å². The molecule has 0 radical (unpaired) electrons. The molecule has 3 rings (SSSR count). The van der Waals surface area contributed by atoms with E-state index in [9.17, 15) is 18.0 Å². The molecule has 1 saturated heterocycles. The predicted octanol–water partition coefficient (Wildman–Crippen LogP) is 4.64. The molecule has 0 spiro atoms. The zero-order valence-electron chi connectivity index (χ0n) is 15.0. The highest BCUT2D eigenvalue weighted by Crippen LogP contribution is 2.31. The summed E-state index contributed by atoms with van der Waals surface area (Å²) < 4.78 is 38.4. The van der Waals surface area contributed by atoms with Gasteiger partial charge in [0.25, 0.3) is 5.91 Å². The summed E-state index contributed by atoms with van der Waals surface area (Å²) in [5.74, 6) is 0.122. The van der Waals surface area contributed by atoms with E-state index in [-0.39, 0.29) is 29.1 Å². The lowest BCUT2D eigenvalue weighted by Crippen LogP contribution is -2.43. The van der Waals surface area contributed by atoms with Crippen molar-refractivity contribution >= 4 is 17.4 Å². The number of alkyl halides is 3. The molecule has 5 nitrogen and oxygen atoms in total. The molecule has 1 amide bonds. The van der Waals surface area contributed by atoms with Crippen molar-refractivity contribution in [2.75, 3.05) is 11.9 Å². The second-order valence-corrected chi connectivity index (χ2v) is 6.56. The monoisotopic (exact) mass is 378 g/mol. The average molecular weight is 378 g/mol. The Bertz CT molecular complexity index is 792. The van der Waals surface area contributed by atoms with Gasteiger partial charge in [-0.15, -0.1) is 10.2 Å². The number of aromatic nitrogens is 2. The number of nitrogens with zero attached hydrogens (tertiary/aromatic N) is 3. The number of amides is 1. The first-order chi connectivity index (χ1) is 12.9. The Labute approximate surface area is 155 Å². The summed E-state index contributed by atoms with van der Waals surface area (Å²) in [6.07, 6.45) is -0.429. The standard InChI is InChI=1S/C19H21F3N4O/c1-2-15-8-3-4-11-26(15)18(27)16-9-10-17(25-24-16)23-14-7-5-6-13(12-14)19(20,21)22/h5-7,9-10,12,15H,2-4,8,11H2,1H3,(H,23,25). The number of likely N-dealkylation sites (tertiary alicyclic amines) is 1. The zero-order chi connectivity index (χ0) is 19.4. The number of hydrogen-bond acceptors (Lipinski definition) is 4. The fraction of sp³-hybridized carbons (Fsp3) is 0.421. The number of piperidine rings is 1. The molecule has 0 aliphatic carbocycles. The van der Waals surface area contributed by atoms with Crippen molar-refractivity contribution in [3.05, 3.63) is 47.7 Å². The van der Waals surface area contributed by atoms with Crippen LogP contribution in [0.15, 0.2) is 36.4 Å². The van der Waals surface area contributed by atoms with Crippen molar-refractivity contribution in [1.82, 2.24) is 15.1 Å². The molecule has 27 heavy (non-hydrogen) atoms. The number of anilines is 2. The van der Waals surface area contributed by atoms with Gasteiger partial charge in [0.05, 0.1) is 5.56 Å². The number of rotatable bonds is 4. The second-order valence-electron chi connectivity index (χ2n) is 6.56. The molecule has 144 valence electrons. The minimum atomic E-state index is -4.41. The first-order valence-electron chi connectivity index (χ1n) is 8.97. The van der Waals surface area contributed by atoms with Crippen LogP contribution in [0.2, 0.25) is 0 Å². The van der Waals surface area contributed by atoms with E-state index in [1.165, 1.54) is 12.1 Å². The number of hydrogen-bond donors (Lipinski definition) is 1. The topological polar surface area (TPSA) is 58.1 Å². The number of halogens is 3. The Morgan fingerprint density at radius 3 is 2.70 bits per heavy atom. The molecule has 1 aromatic heterocycles. The number of carbonyl (C=O) groups excluding carboxylic acids is 1.